The van der Waals surface area contributed by atoms with Gasteiger partial charge >= 0.3 is 0 Å². The molecular weight excluding hydrogens is 374 g/mol. The molecule has 0 saturated carbocycles. The Hall–Kier alpha value is -2.74. The third kappa shape index (κ3) is 4.22. The van der Waals surface area contributed by atoms with Gasteiger partial charge in [-0.1, -0.05) is 18.2 Å². The monoisotopic (exact) mass is 397 g/mol. The van der Waals surface area contributed by atoms with E-state index in [2.05, 4.69) is 26.4 Å². The van der Waals surface area contributed by atoms with Crippen LogP contribution in [0, 0.1) is 0 Å². The number of aromatic nitrogens is 3. The number of para-hydroxylation sites is 1. The van der Waals surface area contributed by atoms with Gasteiger partial charge in [0.1, 0.15) is 12.4 Å². The van der Waals surface area contributed by atoms with Crippen molar-refractivity contribution >= 4 is 34.4 Å². The lowest BCUT2D eigenvalue weighted by Crippen LogP contribution is -2.37. The van der Waals surface area contributed by atoms with E-state index >= 15 is 0 Å². The average Bonchev–Trinajstić information content (AvgIpc) is 3.13. The van der Waals surface area contributed by atoms with Crippen LogP contribution in [0.3, 0.4) is 0 Å². The van der Waals surface area contributed by atoms with Crippen LogP contribution in [0.1, 0.15) is 5.56 Å². The highest BCUT2D eigenvalue weighted by Gasteiger charge is 2.14. The number of amides is 1. The number of anilines is 1. The normalized spacial score (nSPS) is 14.4. The Bertz CT molecular complexity index is 1020. The highest BCUT2D eigenvalue weighted by atomic mass is 32.2. The number of carbonyl (C=O) groups is 1. The summed E-state index contributed by atoms with van der Waals surface area (Å²) >= 11 is 1.92. The van der Waals surface area contributed by atoms with Gasteiger partial charge in [-0.25, -0.2) is 4.68 Å². The van der Waals surface area contributed by atoms with Crippen LogP contribution in [0.15, 0.2) is 47.4 Å². The van der Waals surface area contributed by atoms with E-state index in [1.54, 1.807) is 6.07 Å². The lowest BCUT2D eigenvalue weighted by Gasteiger charge is -2.27. The number of aromatic amines is 1. The Morgan fingerprint density at radius 2 is 2.00 bits per heavy atom. The van der Waals surface area contributed by atoms with E-state index in [0.717, 1.165) is 47.9 Å². The zero-order valence-corrected chi connectivity index (χ0v) is 16.4. The van der Waals surface area contributed by atoms with Crippen molar-refractivity contribution < 1.29 is 4.79 Å². The van der Waals surface area contributed by atoms with Crippen LogP contribution in [0.2, 0.25) is 0 Å². The third-order valence-electron chi connectivity index (χ3n) is 4.87. The molecule has 2 N–H and O–H groups in total. The van der Waals surface area contributed by atoms with Gasteiger partial charge < -0.3 is 15.2 Å². The predicted octanol–water partition coefficient (Wildman–Crippen LogP) is 1.64. The third-order valence-corrected chi connectivity index (χ3v) is 5.81. The Balaban J connectivity index is 1.35. The van der Waals surface area contributed by atoms with Crippen molar-refractivity contribution in [1.29, 1.82) is 0 Å². The van der Waals surface area contributed by atoms with E-state index in [0.29, 0.717) is 6.54 Å². The number of H-pyrrole nitrogens is 1. The van der Waals surface area contributed by atoms with Crippen molar-refractivity contribution in [2.45, 2.75) is 13.0 Å². The molecule has 1 aliphatic rings. The SMILES string of the molecule is O=C(Cn1nc(N2CCSCC2)ccc1=O)NCCc1c[nH]c2ccccc12. The molecule has 28 heavy (non-hydrogen) atoms. The van der Waals surface area contributed by atoms with Gasteiger partial charge in [-0.05, 0) is 24.1 Å². The Kier molecular flexibility index (Phi) is 5.66. The summed E-state index contributed by atoms with van der Waals surface area (Å²) < 4.78 is 1.25. The van der Waals surface area contributed by atoms with Crippen molar-refractivity contribution in [3.05, 3.63) is 58.5 Å². The molecule has 1 aliphatic heterocycles. The fraction of sp³-hybridized carbons (Fsp3) is 0.350. The van der Waals surface area contributed by atoms with Gasteiger partial charge in [0.15, 0.2) is 0 Å². The lowest BCUT2D eigenvalue weighted by atomic mass is 10.1. The predicted molar refractivity (Wildman–Crippen MR) is 113 cm³/mol. The largest absolute Gasteiger partial charge is 0.361 e. The van der Waals surface area contributed by atoms with Crippen molar-refractivity contribution in [2.24, 2.45) is 0 Å². The summed E-state index contributed by atoms with van der Waals surface area (Å²) in [6, 6.07) is 11.3. The zero-order valence-electron chi connectivity index (χ0n) is 15.6. The molecule has 1 aromatic carbocycles. The first-order valence-corrected chi connectivity index (χ1v) is 10.6. The molecule has 1 saturated heterocycles. The Labute approximate surface area is 167 Å². The molecule has 0 unspecified atom stereocenters. The number of hydrogen-bond acceptors (Lipinski definition) is 5. The molecular formula is C20H23N5O2S. The number of benzene rings is 1. The number of rotatable bonds is 6. The second-order valence-corrected chi connectivity index (χ2v) is 7.97. The fourth-order valence-corrected chi connectivity index (χ4v) is 4.28. The Morgan fingerprint density at radius 1 is 1.18 bits per heavy atom. The molecule has 0 bridgehead atoms. The summed E-state index contributed by atoms with van der Waals surface area (Å²) in [7, 11) is 0. The summed E-state index contributed by atoms with van der Waals surface area (Å²) in [5.41, 5.74) is 1.99. The molecule has 146 valence electrons. The lowest BCUT2D eigenvalue weighted by molar-refractivity contribution is -0.121. The molecule has 3 aromatic rings. The maximum atomic E-state index is 12.3. The van der Waals surface area contributed by atoms with Gasteiger partial charge in [0.25, 0.3) is 5.56 Å². The van der Waals surface area contributed by atoms with Crippen molar-refractivity contribution in [3.63, 3.8) is 0 Å². The summed E-state index contributed by atoms with van der Waals surface area (Å²) in [5.74, 6) is 2.65. The van der Waals surface area contributed by atoms with Crippen LogP contribution in [0.4, 0.5) is 5.82 Å². The molecule has 0 radical (unpaired) electrons. The average molecular weight is 398 g/mol. The van der Waals surface area contributed by atoms with E-state index in [4.69, 9.17) is 0 Å². The second kappa shape index (κ2) is 8.52. The number of hydrogen-bond donors (Lipinski definition) is 2. The highest BCUT2D eigenvalue weighted by Crippen LogP contribution is 2.18. The summed E-state index contributed by atoms with van der Waals surface area (Å²) in [6.07, 6.45) is 2.70. The molecule has 1 fully saturated rings. The van der Waals surface area contributed by atoms with Crippen molar-refractivity contribution in [2.75, 3.05) is 36.0 Å². The van der Waals surface area contributed by atoms with Crippen LogP contribution in [-0.4, -0.2) is 51.8 Å². The number of nitrogens with zero attached hydrogens (tertiary/aromatic N) is 3. The first-order valence-electron chi connectivity index (χ1n) is 9.43. The van der Waals surface area contributed by atoms with Gasteiger partial charge in [-0.3, -0.25) is 9.59 Å². The van der Waals surface area contributed by atoms with E-state index < -0.39 is 0 Å². The topological polar surface area (TPSA) is 83.0 Å². The van der Waals surface area contributed by atoms with Gasteiger partial charge in [-0.2, -0.15) is 16.9 Å². The molecule has 3 heterocycles. The van der Waals surface area contributed by atoms with Crippen LogP contribution >= 0.6 is 11.8 Å². The molecule has 4 rings (SSSR count). The smallest absolute Gasteiger partial charge is 0.267 e. The van der Waals surface area contributed by atoms with Crippen LogP contribution in [0.25, 0.3) is 10.9 Å². The molecule has 0 aliphatic carbocycles. The van der Waals surface area contributed by atoms with E-state index in [-0.39, 0.29) is 18.0 Å². The fourth-order valence-electron chi connectivity index (χ4n) is 3.38. The molecule has 0 spiro atoms. The summed E-state index contributed by atoms with van der Waals surface area (Å²) in [5, 5.41) is 8.45. The molecule has 7 nitrogen and oxygen atoms in total. The van der Waals surface area contributed by atoms with Gasteiger partial charge in [0.05, 0.1) is 0 Å². The number of nitrogens with one attached hydrogen (secondary N) is 2. The highest BCUT2D eigenvalue weighted by molar-refractivity contribution is 7.99. The van der Waals surface area contributed by atoms with Crippen molar-refractivity contribution in [3.8, 4) is 0 Å². The molecule has 8 heteroatoms. The Morgan fingerprint density at radius 3 is 2.86 bits per heavy atom. The van der Waals surface area contributed by atoms with E-state index in [9.17, 15) is 9.59 Å². The first kappa shape index (κ1) is 18.6. The van der Waals surface area contributed by atoms with Crippen LogP contribution < -0.4 is 15.8 Å². The molecule has 2 aromatic heterocycles. The van der Waals surface area contributed by atoms with Gasteiger partial charge in [0.2, 0.25) is 5.91 Å². The first-order chi connectivity index (χ1) is 13.7. The van der Waals surface area contributed by atoms with Crippen LogP contribution in [-0.2, 0) is 17.8 Å². The van der Waals surface area contributed by atoms with Crippen molar-refractivity contribution in [1.82, 2.24) is 20.1 Å². The summed E-state index contributed by atoms with van der Waals surface area (Å²) in [6.45, 7) is 2.26. The maximum Gasteiger partial charge on any atom is 0.267 e. The number of fused-ring (bicyclic) bond motifs is 1. The van der Waals surface area contributed by atoms with Crippen LogP contribution in [0.5, 0.6) is 0 Å². The zero-order chi connectivity index (χ0) is 19.3. The number of carbonyl (C=O) groups excluding carboxylic acids is 1. The number of thioether (sulfide) groups is 1. The quantitative estimate of drug-likeness (QED) is 0.661. The minimum atomic E-state index is -0.262. The van der Waals surface area contributed by atoms with E-state index in [1.165, 1.54) is 16.1 Å². The maximum absolute atomic E-state index is 12.3. The minimum Gasteiger partial charge on any atom is -0.361 e. The standard InChI is InChI=1S/C20H23N5O2S/c26-19(21-8-7-15-13-22-17-4-2-1-3-16(15)17)14-25-20(27)6-5-18(23-25)24-9-11-28-12-10-24/h1-6,13,22H,7-12,14H2,(H,21,26). The van der Waals surface area contributed by atoms with Gasteiger partial charge in [0, 0.05) is 54.3 Å². The second-order valence-electron chi connectivity index (χ2n) is 6.75. The minimum absolute atomic E-state index is 0.0663. The summed E-state index contributed by atoms with van der Waals surface area (Å²) in [4.78, 5) is 29.8. The van der Waals surface area contributed by atoms with Gasteiger partial charge in [-0.15, -0.1) is 0 Å². The molecule has 1 amide bonds. The van der Waals surface area contributed by atoms with E-state index in [1.807, 2.05) is 36.2 Å². The molecule has 0 atom stereocenters.